The van der Waals surface area contributed by atoms with Crippen LogP contribution in [0.25, 0.3) is 0 Å². The zero-order valence-corrected chi connectivity index (χ0v) is 18.1. The molecule has 2 amide bonds. The van der Waals surface area contributed by atoms with Crippen LogP contribution in [-0.2, 0) is 24.9 Å². The van der Waals surface area contributed by atoms with Gasteiger partial charge in [0.2, 0.25) is 5.91 Å². The molecule has 2 aliphatic heterocycles. The van der Waals surface area contributed by atoms with Crippen molar-refractivity contribution in [1.82, 2.24) is 24.8 Å². The smallest absolute Gasteiger partial charge is 0.407 e. The molecule has 0 saturated carbocycles. The normalized spacial score (nSPS) is 18.4. The molecular formula is C20H22ClF2N5O4. The number of carbonyl (C=O) groups is 2. The van der Waals surface area contributed by atoms with Crippen molar-refractivity contribution in [1.29, 1.82) is 0 Å². The molecule has 0 unspecified atom stereocenters. The first-order chi connectivity index (χ1) is 15.3. The van der Waals surface area contributed by atoms with Crippen LogP contribution in [0.4, 0.5) is 13.6 Å². The molecule has 2 aliphatic rings. The van der Waals surface area contributed by atoms with Gasteiger partial charge in [-0.1, -0.05) is 16.8 Å². The number of halogens is 3. The number of benzene rings is 1. The van der Waals surface area contributed by atoms with E-state index in [9.17, 15) is 23.5 Å². The van der Waals surface area contributed by atoms with Crippen LogP contribution in [0.2, 0.25) is 5.02 Å². The summed E-state index contributed by atoms with van der Waals surface area (Å²) in [5, 5.41) is 17.6. The molecule has 1 saturated heterocycles. The third kappa shape index (κ3) is 4.08. The highest BCUT2D eigenvalue weighted by Gasteiger charge is 2.37. The fourth-order valence-corrected chi connectivity index (χ4v) is 4.61. The first-order valence-corrected chi connectivity index (χ1v) is 10.5. The van der Waals surface area contributed by atoms with Gasteiger partial charge in [-0.25, -0.2) is 18.3 Å². The lowest BCUT2D eigenvalue weighted by atomic mass is 9.91. The summed E-state index contributed by atoms with van der Waals surface area (Å²) in [4.78, 5) is 27.1. The second-order valence-electron chi connectivity index (χ2n) is 7.76. The molecule has 0 spiro atoms. The molecule has 0 bridgehead atoms. The van der Waals surface area contributed by atoms with E-state index < -0.39 is 18.6 Å². The molecule has 1 atom stereocenters. The van der Waals surface area contributed by atoms with E-state index in [1.54, 1.807) is 17.0 Å². The summed E-state index contributed by atoms with van der Waals surface area (Å²) in [5.74, 6) is 0.283. The Bertz CT molecular complexity index is 1050. The lowest BCUT2D eigenvalue weighted by molar-refractivity contribution is -0.128. The predicted molar refractivity (Wildman–Crippen MR) is 109 cm³/mol. The fourth-order valence-electron chi connectivity index (χ4n) is 4.35. The largest absolute Gasteiger partial charge is 0.487 e. The van der Waals surface area contributed by atoms with Gasteiger partial charge in [-0.15, -0.1) is 5.10 Å². The van der Waals surface area contributed by atoms with Gasteiger partial charge in [0, 0.05) is 43.7 Å². The van der Waals surface area contributed by atoms with Crippen molar-refractivity contribution < 1.29 is 28.2 Å². The summed E-state index contributed by atoms with van der Waals surface area (Å²) in [6.45, 7) is 0.663. The Hall–Kier alpha value is -2.95. The third-order valence-corrected chi connectivity index (χ3v) is 6.25. The Morgan fingerprint density at radius 1 is 1.34 bits per heavy atom. The molecule has 1 aromatic heterocycles. The topological polar surface area (TPSA) is 101 Å². The number of amides is 2. The third-order valence-electron chi connectivity index (χ3n) is 5.90. The van der Waals surface area contributed by atoms with Gasteiger partial charge in [0.25, 0.3) is 6.43 Å². The molecule has 172 valence electrons. The molecular weight excluding hydrogens is 448 g/mol. The molecule has 32 heavy (non-hydrogen) atoms. The average Bonchev–Trinajstić information content (AvgIpc) is 3.32. The standard InChI is InChI=1S/C20H22ClF2N5O4/c1-26-18(19(22)23)13(24-25-26)10-32-15-5-4-12(21)11-6-8-28(20(30)31)14(17(11)15)9-27-7-2-3-16(27)29/h4-5,14,19H,2-3,6-10H2,1H3,(H,30,31)/t14-/m1/s1. The number of alkyl halides is 2. The maximum atomic E-state index is 13.4. The molecule has 0 radical (unpaired) electrons. The minimum absolute atomic E-state index is 0.0108. The Morgan fingerprint density at radius 2 is 2.12 bits per heavy atom. The van der Waals surface area contributed by atoms with Gasteiger partial charge in [0.05, 0.1) is 6.04 Å². The van der Waals surface area contributed by atoms with Crippen LogP contribution >= 0.6 is 11.6 Å². The molecule has 3 heterocycles. The van der Waals surface area contributed by atoms with Crippen LogP contribution in [0, 0.1) is 0 Å². The summed E-state index contributed by atoms with van der Waals surface area (Å²) < 4.78 is 33.6. The van der Waals surface area contributed by atoms with Crippen molar-refractivity contribution in [3.63, 3.8) is 0 Å². The number of nitrogens with zero attached hydrogens (tertiary/aromatic N) is 5. The van der Waals surface area contributed by atoms with Crippen LogP contribution in [-0.4, -0.2) is 61.5 Å². The summed E-state index contributed by atoms with van der Waals surface area (Å²) in [6, 6.07) is 2.53. The van der Waals surface area contributed by atoms with E-state index >= 15 is 0 Å². The lowest BCUT2D eigenvalue weighted by Crippen LogP contribution is -2.45. The maximum absolute atomic E-state index is 13.4. The maximum Gasteiger partial charge on any atom is 0.407 e. The fraction of sp³-hybridized carbons (Fsp3) is 0.500. The Morgan fingerprint density at radius 3 is 2.78 bits per heavy atom. The number of rotatable bonds is 6. The number of fused-ring (bicyclic) bond motifs is 1. The van der Waals surface area contributed by atoms with E-state index in [4.69, 9.17) is 16.3 Å². The van der Waals surface area contributed by atoms with Crippen molar-refractivity contribution >= 4 is 23.6 Å². The number of aryl methyl sites for hydroxylation is 1. The molecule has 1 fully saturated rings. The molecule has 4 rings (SSSR count). The predicted octanol–water partition coefficient (Wildman–Crippen LogP) is 3.18. The van der Waals surface area contributed by atoms with Crippen molar-refractivity contribution in [2.45, 2.75) is 38.3 Å². The number of aromatic nitrogens is 3. The number of ether oxygens (including phenoxy) is 1. The quantitative estimate of drug-likeness (QED) is 0.697. The SMILES string of the molecule is Cn1nnc(COc2ccc(Cl)c3c2[C@@H](CN2CCCC2=O)N(C(=O)O)CC3)c1C(F)F. The van der Waals surface area contributed by atoms with Gasteiger partial charge in [0.1, 0.15) is 23.7 Å². The molecule has 9 nitrogen and oxygen atoms in total. The van der Waals surface area contributed by atoms with Crippen LogP contribution < -0.4 is 4.74 Å². The van der Waals surface area contributed by atoms with Crippen molar-refractivity contribution in [3.05, 3.63) is 39.7 Å². The van der Waals surface area contributed by atoms with Gasteiger partial charge in [-0.3, -0.25) is 9.69 Å². The number of carboxylic acid groups (broad SMARTS) is 1. The Balaban J connectivity index is 1.69. The van der Waals surface area contributed by atoms with Crippen molar-refractivity contribution in [2.75, 3.05) is 19.6 Å². The molecule has 0 aliphatic carbocycles. The van der Waals surface area contributed by atoms with E-state index in [2.05, 4.69) is 10.3 Å². The highest BCUT2D eigenvalue weighted by Crippen LogP contribution is 2.41. The zero-order valence-electron chi connectivity index (χ0n) is 17.3. The van der Waals surface area contributed by atoms with Gasteiger partial charge >= 0.3 is 6.09 Å². The van der Waals surface area contributed by atoms with E-state index in [0.29, 0.717) is 42.1 Å². The Kier molecular flexibility index (Phi) is 6.18. The van der Waals surface area contributed by atoms with Gasteiger partial charge in [-0.2, -0.15) is 0 Å². The second-order valence-corrected chi connectivity index (χ2v) is 8.16. The van der Waals surface area contributed by atoms with Crippen LogP contribution in [0.5, 0.6) is 5.75 Å². The van der Waals surface area contributed by atoms with Crippen LogP contribution in [0.15, 0.2) is 12.1 Å². The first kappa shape index (κ1) is 22.3. The number of hydrogen-bond acceptors (Lipinski definition) is 5. The summed E-state index contributed by atoms with van der Waals surface area (Å²) in [6.07, 6.45) is -2.38. The van der Waals surface area contributed by atoms with Crippen molar-refractivity contribution in [2.24, 2.45) is 7.05 Å². The monoisotopic (exact) mass is 469 g/mol. The van der Waals surface area contributed by atoms with Crippen molar-refractivity contribution in [3.8, 4) is 5.75 Å². The lowest BCUT2D eigenvalue weighted by Gasteiger charge is -2.38. The summed E-state index contributed by atoms with van der Waals surface area (Å²) in [7, 11) is 1.37. The highest BCUT2D eigenvalue weighted by molar-refractivity contribution is 6.31. The molecule has 12 heteroatoms. The van der Waals surface area contributed by atoms with Gasteiger partial charge in [-0.05, 0) is 30.5 Å². The number of likely N-dealkylation sites (tertiary alicyclic amines) is 1. The van der Waals surface area contributed by atoms with E-state index in [-0.39, 0.29) is 37.0 Å². The highest BCUT2D eigenvalue weighted by atomic mass is 35.5. The number of carbonyl (C=O) groups excluding carboxylic acids is 1. The van der Waals surface area contributed by atoms with Gasteiger partial charge < -0.3 is 14.7 Å². The molecule has 1 N–H and O–H groups in total. The van der Waals surface area contributed by atoms with Crippen LogP contribution in [0.3, 0.4) is 0 Å². The molecule has 1 aromatic carbocycles. The Labute approximate surface area is 187 Å². The minimum Gasteiger partial charge on any atom is -0.487 e. The van der Waals surface area contributed by atoms with E-state index in [1.165, 1.54) is 11.9 Å². The second kappa shape index (κ2) is 8.89. The first-order valence-electron chi connectivity index (χ1n) is 10.2. The van der Waals surface area contributed by atoms with E-state index in [0.717, 1.165) is 10.2 Å². The van der Waals surface area contributed by atoms with Crippen LogP contribution in [0.1, 0.15) is 47.8 Å². The number of hydrogen-bond donors (Lipinski definition) is 1. The average molecular weight is 470 g/mol. The summed E-state index contributed by atoms with van der Waals surface area (Å²) >= 11 is 6.41. The summed E-state index contributed by atoms with van der Waals surface area (Å²) in [5.41, 5.74) is 0.919. The minimum atomic E-state index is -2.77. The molecule has 2 aromatic rings. The van der Waals surface area contributed by atoms with Gasteiger partial charge in [0.15, 0.2) is 0 Å². The zero-order chi connectivity index (χ0) is 23.0. The van der Waals surface area contributed by atoms with E-state index in [1.807, 2.05) is 0 Å².